The zero-order valence-electron chi connectivity index (χ0n) is 14.7. The molecule has 2 heterocycles. The van der Waals surface area contributed by atoms with E-state index >= 15 is 0 Å². The van der Waals surface area contributed by atoms with Crippen LogP contribution in [0.2, 0.25) is 0 Å². The summed E-state index contributed by atoms with van der Waals surface area (Å²) in [6.45, 7) is 1.70. The molecule has 6 nitrogen and oxygen atoms in total. The van der Waals surface area contributed by atoms with E-state index in [1.54, 1.807) is 4.68 Å². The van der Waals surface area contributed by atoms with Crippen LogP contribution in [0.5, 0.6) is 0 Å². The Morgan fingerprint density at radius 1 is 1.31 bits per heavy atom. The molecule has 0 aliphatic carbocycles. The van der Waals surface area contributed by atoms with Crippen LogP contribution in [-0.4, -0.2) is 34.8 Å². The summed E-state index contributed by atoms with van der Waals surface area (Å²) in [5.41, 5.74) is 7.95. The Labute approximate surface area is 166 Å². The number of para-hydroxylation sites is 1. The second kappa shape index (κ2) is 11.1. The minimum absolute atomic E-state index is 0. The van der Waals surface area contributed by atoms with Gasteiger partial charge in [0.15, 0.2) is 0 Å². The lowest BCUT2D eigenvalue weighted by atomic mass is 10.1. The molecule has 1 atom stereocenters. The van der Waals surface area contributed by atoms with Crippen molar-refractivity contribution in [3.05, 3.63) is 42.1 Å². The van der Waals surface area contributed by atoms with Gasteiger partial charge in [-0.25, -0.2) is 4.68 Å². The van der Waals surface area contributed by atoms with Crippen molar-refractivity contribution in [2.45, 2.75) is 38.1 Å². The number of nitrogens with two attached hydrogens (primary N) is 1. The van der Waals surface area contributed by atoms with Crippen molar-refractivity contribution < 1.29 is 4.79 Å². The van der Waals surface area contributed by atoms with E-state index in [9.17, 15) is 4.79 Å². The third-order valence-corrected chi connectivity index (χ3v) is 4.31. The highest BCUT2D eigenvalue weighted by atomic mass is 35.5. The first-order valence-corrected chi connectivity index (χ1v) is 8.62. The fourth-order valence-electron chi connectivity index (χ4n) is 3.07. The van der Waals surface area contributed by atoms with Gasteiger partial charge in [-0.2, -0.15) is 5.10 Å². The summed E-state index contributed by atoms with van der Waals surface area (Å²) < 4.78 is 1.75. The van der Waals surface area contributed by atoms with Crippen molar-refractivity contribution in [2.75, 3.05) is 18.8 Å². The van der Waals surface area contributed by atoms with Crippen molar-refractivity contribution in [3.63, 3.8) is 0 Å². The normalized spacial score (nSPS) is 15.8. The predicted molar refractivity (Wildman–Crippen MR) is 109 cm³/mol. The maximum atomic E-state index is 11.9. The molecule has 1 fully saturated rings. The monoisotopic (exact) mass is 399 g/mol. The van der Waals surface area contributed by atoms with Gasteiger partial charge >= 0.3 is 0 Å². The van der Waals surface area contributed by atoms with Gasteiger partial charge < -0.3 is 16.4 Å². The quantitative estimate of drug-likeness (QED) is 0.624. The van der Waals surface area contributed by atoms with E-state index in [-0.39, 0.29) is 30.7 Å². The molecule has 0 bridgehead atoms. The molecule has 1 aromatic heterocycles. The van der Waals surface area contributed by atoms with Gasteiger partial charge in [-0.05, 0) is 44.4 Å². The average molecular weight is 400 g/mol. The molecule has 0 radical (unpaired) electrons. The number of carbonyl (C=O) groups excluding carboxylic acids is 1. The second-order valence-electron chi connectivity index (χ2n) is 6.26. The minimum Gasteiger partial charge on any atom is -0.384 e. The van der Waals surface area contributed by atoms with Crippen LogP contribution in [0.1, 0.15) is 31.4 Å². The summed E-state index contributed by atoms with van der Waals surface area (Å²) in [4.78, 5) is 11.9. The number of nitrogens with zero attached hydrogens (tertiary/aromatic N) is 2. The number of amides is 1. The van der Waals surface area contributed by atoms with Crippen molar-refractivity contribution >= 4 is 36.5 Å². The highest BCUT2D eigenvalue weighted by Gasteiger charge is 2.17. The van der Waals surface area contributed by atoms with E-state index in [1.165, 1.54) is 6.42 Å². The Morgan fingerprint density at radius 3 is 2.77 bits per heavy atom. The number of hydrogen-bond donors (Lipinski definition) is 3. The maximum absolute atomic E-state index is 11.9. The third kappa shape index (κ3) is 6.20. The molecule has 1 unspecified atom stereocenters. The van der Waals surface area contributed by atoms with Crippen molar-refractivity contribution in [1.29, 1.82) is 0 Å². The standard InChI is InChI=1S/C18H25N5O.2ClH/c19-17-12-15(22-23(17)16-8-2-1-3-9-16)7-5-11-21-18(24)13-14-6-4-10-20-14;;/h1-3,8-9,12,14,20H,4-7,10-11,13,19H2,(H,21,24);2*1H. The summed E-state index contributed by atoms with van der Waals surface area (Å²) in [6, 6.07) is 12.1. The van der Waals surface area contributed by atoms with Gasteiger partial charge in [0, 0.05) is 25.1 Å². The maximum Gasteiger partial charge on any atom is 0.221 e. The number of halogens is 2. The fourth-order valence-corrected chi connectivity index (χ4v) is 3.07. The van der Waals surface area contributed by atoms with E-state index in [4.69, 9.17) is 5.73 Å². The molecule has 1 amide bonds. The largest absolute Gasteiger partial charge is 0.384 e. The van der Waals surface area contributed by atoms with Crippen LogP contribution in [0.15, 0.2) is 36.4 Å². The number of anilines is 1. The zero-order chi connectivity index (χ0) is 16.8. The second-order valence-corrected chi connectivity index (χ2v) is 6.26. The van der Waals surface area contributed by atoms with Gasteiger partial charge in [0.05, 0.1) is 11.4 Å². The van der Waals surface area contributed by atoms with E-state index in [2.05, 4.69) is 15.7 Å². The molecule has 1 aromatic carbocycles. The van der Waals surface area contributed by atoms with Gasteiger partial charge in [0.2, 0.25) is 5.91 Å². The van der Waals surface area contributed by atoms with Crippen LogP contribution in [0.25, 0.3) is 5.69 Å². The number of aryl methyl sites for hydroxylation is 1. The molecule has 1 aliphatic rings. The van der Waals surface area contributed by atoms with E-state index < -0.39 is 0 Å². The first-order valence-electron chi connectivity index (χ1n) is 8.62. The Hall–Kier alpha value is -1.76. The minimum atomic E-state index is 0. The number of benzene rings is 1. The Kier molecular flexibility index (Phi) is 9.48. The predicted octanol–water partition coefficient (Wildman–Crippen LogP) is 2.49. The first kappa shape index (κ1) is 22.3. The van der Waals surface area contributed by atoms with Crippen LogP contribution in [0.4, 0.5) is 5.82 Å². The van der Waals surface area contributed by atoms with Crippen molar-refractivity contribution in [2.24, 2.45) is 0 Å². The van der Waals surface area contributed by atoms with Crippen LogP contribution in [-0.2, 0) is 11.2 Å². The fraction of sp³-hybridized carbons (Fsp3) is 0.444. The zero-order valence-corrected chi connectivity index (χ0v) is 16.3. The van der Waals surface area contributed by atoms with Gasteiger partial charge in [-0.1, -0.05) is 18.2 Å². The molecule has 1 saturated heterocycles. The van der Waals surface area contributed by atoms with Crippen LogP contribution < -0.4 is 16.4 Å². The molecule has 2 aromatic rings. The highest BCUT2D eigenvalue weighted by molar-refractivity contribution is 5.85. The topological polar surface area (TPSA) is 85.0 Å². The summed E-state index contributed by atoms with van der Waals surface area (Å²) in [5.74, 6) is 0.760. The number of nitrogens with one attached hydrogen (secondary N) is 2. The number of hydrogen-bond acceptors (Lipinski definition) is 4. The first-order chi connectivity index (χ1) is 11.7. The van der Waals surface area contributed by atoms with Gasteiger partial charge in [0.1, 0.15) is 5.82 Å². The molecule has 0 saturated carbocycles. The van der Waals surface area contributed by atoms with Crippen molar-refractivity contribution in [1.82, 2.24) is 20.4 Å². The van der Waals surface area contributed by atoms with Crippen molar-refractivity contribution in [3.8, 4) is 5.69 Å². The Bertz CT molecular complexity index is 671. The SMILES string of the molecule is Cl.Cl.Nc1cc(CCCNC(=O)CC2CCCN2)nn1-c1ccccc1. The molecular weight excluding hydrogens is 373 g/mol. The molecule has 4 N–H and O–H groups in total. The molecular formula is C18H27Cl2N5O. The van der Waals surface area contributed by atoms with Crippen LogP contribution in [0, 0.1) is 0 Å². The summed E-state index contributed by atoms with van der Waals surface area (Å²) >= 11 is 0. The number of rotatable bonds is 7. The molecule has 3 rings (SSSR count). The Balaban J connectivity index is 0.00000169. The molecule has 1 aliphatic heterocycles. The van der Waals surface area contributed by atoms with E-state index in [0.717, 1.165) is 37.2 Å². The van der Waals surface area contributed by atoms with Crippen LogP contribution >= 0.6 is 24.8 Å². The molecule has 144 valence electrons. The number of nitrogen functional groups attached to an aromatic ring is 1. The summed E-state index contributed by atoms with van der Waals surface area (Å²) in [5, 5.41) is 10.9. The molecule has 26 heavy (non-hydrogen) atoms. The van der Waals surface area contributed by atoms with Gasteiger partial charge in [-0.15, -0.1) is 24.8 Å². The van der Waals surface area contributed by atoms with Gasteiger partial charge in [-0.3, -0.25) is 4.79 Å². The molecule has 8 heteroatoms. The highest BCUT2D eigenvalue weighted by Crippen LogP contribution is 2.15. The molecule has 0 spiro atoms. The van der Waals surface area contributed by atoms with Crippen LogP contribution in [0.3, 0.4) is 0 Å². The smallest absolute Gasteiger partial charge is 0.221 e. The summed E-state index contributed by atoms with van der Waals surface area (Å²) in [6.07, 6.45) is 4.50. The lowest BCUT2D eigenvalue weighted by Crippen LogP contribution is -2.32. The van der Waals surface area contributed by atoms with E-state index in [0.29, 0.717) is 24.8 Å². The van der Waals surface area contributed by atoms with E-state index in [1.807, 2.05) is 36.4 Å². The Morgan fingerprint density at radius 2 is 2.08 bits per heavy atom. The number of carbonyl (C=O) groups is 1. The average Bonchev–Trinajstić information content (AvgIpc) is 3.22. The number of aromatic nitrogens is 2. The third-order valence-electron chi connectivity index (χ3n) is 4.31. The van der Waals surface area contributed by atoms with Gasteiger partial charge in [0.25, 0.3) is 0 Å². The lowest BCUT2D eigenvalue weighted by molar-refractivity contribution is -0.121. The lowest BCUT2D eigenvalue weighted by Gasteiger charge is -2.10. The summed E-state index contributed by atoms with van der Waals surface area (Å²) in [7, 11) is 0.